The van der Waals surface area contributed by atoms with Gasteiger partial charge in [-0.3, -0.25) is 0 Å². The highest BCUT2D eigenvalue weighted by atomic mass is 32.2. The van der Waals surface area contributed by atoms with E-state index in [-0.39, 0.29) is 11.8 Å². The van der Waals surface area contributed by atoms with Crippen LogP contribution < -0.4 is 5.32 Å². The summed E-state index contributed by atoms with van der Waals surface area (Å²) in [5.41, 5.74) is 2.64. The Balaban J connectivity index is 2.68. The summed E-state index contributed by atoms with van der Waals surface area (Å²) in [6.45, 7) is 5.80. The van der Waals surface area contributed by atoms with Crippen LogP contribution in [0.2, 0.25) is 0 Å². The fraction of sp³-hybridized carbons (Fsp3) is 0.500. The molecule has 16 heavy (non-hydrogen) atoms. The van der Waals surface area contributed by atoms with Crippen LogP contribution in [0, 0.1) is 13.8 Å². The Morgan fingerprint density at radius 1 is 1.31 bits per heavy atom. The fourth-order valence-electron chi connectivity index (χ4n) is 2.18. The minimum atomic E-state index is -3.12. The van der Waals surface area contributed by atoms with Gasteiger partial charge in [0.25, 0.3) is 0 Å². The smallest absolute Gasteiger partial charge is 0.182 e. The Bertz CT molecular complexity index is 520. The van der Waals surface area contributed by atoms with Crippen LogP contribution in [0.3, 0.4) is 0 Å². The second-order valence-corrected chi connectivity index (χ2v) is 6.41. The molecule has 0 amide bonds. The minimum Gasteiger partial charge on any atom is -0.380 e. The number of nitrogens with one attached hydrogen (secondary N) is 1. The zero-order valence-electron chi connectivity index (χ0n) is 9.87. The van der Waals surface area contributed by atoms with Crippen molar-refractivity contribution >= 4 is 15.5 Å². The number of sulfone groups is 1. The third kappa shape index (κ3) is 1.71. The zero-order valence-corrected chi connectivity index (χ0v) is 10.7. The quantitative estimate of drug-likeness (QED) is 0.818. The third-order valence-corrected chi connectivity index (χ3v) is 5.13. The van der Waals surface area contributed by atoms with E-state index >= 15 is 0 Å². The molecule has 0 aromatic heterocycles. The Hall–Kier alpha value is -1.03. The van der Waals surface area contributed by atoms with Crippen molar-refractivity contribution in [2.45, 2.75) is 38.1 Å². The summed E-state index contributed by atoms with van der Waals surface area (Å²) in [6.07, 6.45) is 0.825. The molecule has 1 N–H and O–H groups in total. The first-order valence-corrected chi connectivity index (χ1v) is 7.20. The molecule has 0 bridgehead atoms. The molecule has 0 saturated heterocycles. The molecular formula is C12H17NO2S. The van der Waals surface area contributed by atoms with Crippen molar-refractivity contribution in [3.8, 4) is 0 Å². The molecule has 3 nitrogen and oxygen atoms in total. The van der Waals surface area contributed by atoms with E-state index in [1.54, 1.807) is 0 Å². The number of rotatable bonds is 1. The molecule has 0 radical (unpaired) electrons. The van der Waals surface area contributed by atoms with Crippen molar-refractivity contribution in [1.82, 2.24) is 0 Å². The highest BCUT2D eigenvalue weighted by Gasteiger charge is 2.31. The van der Waals surface area contributed by atoms with E-state index in [2.05, 4.69) is 5.32 Å². The van der Waals surface area contributed by atoms with Gasteiger partial charge in [0.05, 0.1) is 16.3 Å². The van der Waals surface area contributed by atoms with Crippen molar-refractivity contribution in [3.05, 3.63) is 23.3 Å². The summed E-state index contributed by atoms with van der Waals surface area (Å²) in [6, 6.07) is 3.88. The Morgan fingerprint density at radius 2 is 1.94 bits per heavy atom. The van der Waals surface area contributed by atoms with Crippen LogP contribution in [0.4, 0.5) is 5.69 Å². The van der Waals surface area contributed by atoms with Crippen LogP contribution in [-0.4, -0.2) is 20.2 Å². The van der Waals surface area contributed by atoms with Gasteiger partial charge in [-0.2, -0.15) is 0 Å². The van der Waals surface area contributed by atoms with Gasteiger partial charge < -0.3 is 5.32 Å². The van der Waals surface area contributed by atoms with E-state index in [4.69, 9.17) is 0 Å². The summed E-state index contributed by atoms with van der Waals surface area (Å²) >= 11 is 0. The Labute approximate surface area is 96.8 Å². The highest BCUT2D eigenvalue weighted by Crippen LogP contribution is 2.34. The molecule has 1 heterocycles. The lowest BCUT2D eigenvalue weighted by atomic mass is 10.1. The molecular weight excluding hydrogens is 222 g/mol. The summed E-state index contributed by atoms with van der Waals surface area (Å²) in [4.78, 5) is 0.497. The highest BCUT2D eigenvalue weighted by molar-refractivity contribution is 7.91. The SMILES string of the molecule is CCC1CS(=O)(=O)c2c(C)ccc(C)c2N1. The van der Waals surface area contributed by atoms with Crippen LogP contribution in [0.25, 0.3) is 0 Å². The average Bonchev–Trinajstić information content (AvgIpc) is 2.21. The maximum absolute atomic E-state index is 12.2. The second kappa shape index (κ2) is 3.77. The Morgan fingerprint density at radius 3 is 2.56 bits per heavy atom. The monoisotopic (exact) mass is 239 g/mol. The van der Waals surface area contributed by atoms with Crippen LogP contribution in [0.1, 0.15) is 24.5 Å². The van der Waals surface area contributed by atoms with E-state index in [1.165, 1.54) is 0 Å². The molecule has 0 spiro atoms. The Kier molecular flexibility index (Phi) is 2.70. The molecule has 4 heteroatoms. The number of fused-ring (bicyclic) bond motifs is 1. The van der Waals surface area contributed by atoms with Gasteiger partial charge in [0.15, 0.2) is 9.84 Å². The number of benzene rings is 1. The summed E-state index contributed by atoms with van der Waals surface area (Å²) in [5.74, 6) is 0.209. The average molecular weight is 239 g/mol. The molecule has 0 fully saturated rings. The predicted molar refractivity (Wildman–Crippen MR) is 65.7 cm³/mol. The molecule has 2 rings (SSSR count). The van der Waals surface area contributed by atoms with Crippen LogP contribution in [0.5, 0.6) is 0 Å². The lowest BCUT2D eigenvalue weighted by molar-refractivity contribution is 0.582. The molecule has 1 unspecified atom stereocenters. The molecule has 1 aliphatic heterocycles. The molecule has 1 aromatic carbocycles. The van der Waals surface area contributed by atoms with Gasteiger partial charge >= 0.3 is 0 Å². The summed E-state index contributed by atoms with van der Waals surface area (Å²) < 4.78 is 24.4. The maximum atomic E-state index is 12.2. The summed E-state index contributed by atoms with van der Waals surface area (Å²) in [5, 5.41) is 3.33. The molecule has 0 saturated carbocycles. The van der Waals surface area contributed by atoms with Crippen molar-refractivity contribution in [1.29, 1.82) is 0 Å². The lowest BCUT2D eigenvalue weighted by Gasteiger charge is -2.28. The van der Waals surface area contributed by atoms with E-state index in [9.17, 15) is 8.42 Å². The first-order valence-electron chi connectivity index (χ1n) is 5.55. The van der Waals surface area contributed by atoms with E-state index in [1.807, 2.05) is 32.9 Å². The zero-order chi connectivity index (χ0) is 11.9. The lowest BCUT2D eigenvalue weighted by Crippen LogP contribution is -2.34. The van der Waals surface area contributed by atoms with Crippen molar-refractivity contribution in [2.75, 3.05) is 11.1 Å². The van der Waals surface area contributed by atoms with E-state index in [0.717, 1.165) is 23.2 Å². The molecule has 88 valence electrons. The normalized spacial score (nSPS) is 22.3. The van der Waals surface area contributed by atoms with Gasteiger partial charge in [0, 0.05) is 6.04 Å². The number of aryl methyl sites for hydroxylation is 2. The first-order chi connectivity index (χ1) is 7.45. The molecule has 1 atom stereocenters. The number of anilines is 1. The van der Waals surface area contributed by atoms with Gasteiger partial charge in [-0.15, -0.1) is 0 Å². The standard InChI is InChI=1S/C12H17NO2S/c1-4-10-7-16(14,15)12-9(3)6-5-8(2)11(12)13-10/h5-6,10,13H,4,7H2,1-3H3. The van der Waals surface area contributed by atoms with Gasteiger partial charge in [0.1, 0.15) is 0 Å². The molecule has 1 aromatic rings. The van der Waals surface area contributed by atoms with Gasteiger partial charge in [-0.25, -0.2) is 8.42 Å². The first kappa shape index (κ1) is 11.5. The van der Waals surface area contributed by atoms with Crippen molar-refractivity contribution in [3.63, 3.8) is 0 Å². The van der Waals surface area contributed by atoms with Crippen molar-refractivity contribution < 1.29 is 8.42 Å². The number of hydrogen-bond acceptors (Lipinski definition) is 3. The predicted octanol–water partition coefficient (Wildman–Crippen LogP) is 2.28. The van der Waals surface area contributed by atoms with Crippen LogP contribution in [0.15, 0.2) is 17.0 Å². The van der Waals surface area contributed by atoms with Gasteiger partial charge in [-0.05, 0) is 31.4 Å². The van der Waals surface area contributed by atoms with Gasteiger partial charge in [-0.1, -0.05) is 19.1 Å². The van der Waals surface area contributed by atoms with E-state index in [0.29, 0.717) is 4.90 Å². The molecule has 0 aliphatic carbocycles. The summed E-state index contributed by atoms with van der Waals surface area (Å²) in [7, 11) is -3.12. The minimum absolute atomic E-state index is 0.0398. The van der Waals surface area contributed by atoms with Crippen LogP contribution >= 0.6 is 0 Å². The van der Waals surface area contributed by atoms with Crippen molar-refractivity contribution in [2.24, 2.45) is 0 Å². The largest absolute Gasteiger partial charge is 0.380 e. The second-order valence-electron chi connectivity index (χ2n) is 4.43. The molecule has 1 aliphatic rings. The maximum Gasteiger partial charge on any atom is 0.182 e. The fourth-order valence-corrected chi connectivity index (χ4v) is 4.28. The third-order valence-electron chi connectivity index (χ3n) is 3.14. The van der Waals surface area contributed by atoms with Crippen LogP contribution in [-0.2, 0) is 9.84 Å². The topological polar surface area (TPSA) is 46.2 Å². The number of hydrogen-bond donors (Lipinski definition) is 1. The van der Waals surface area contributed by atoms with E-state index < -0.39 is 9.84 Å². The van der Waals surface area contributed by atoms with Gasteiger partial charge in [0.2, 0.25) is 0 Å².